The van der Waals surface area contributed by atoms with Crippen LogP contribution >= 0.6 is 0 Å². The zero-order chi connectivity index (χ0) is 22.4. The largest absolute Gasteiger partial charge is 0.481 e. The summed E-state index contributed by atoms with van der Waals surface area (Å²) in [4.78, 5) is 14.9. The molecule has 3 rings (SSSR count). The van der Waals surface area contributed by atoms with Gasteiger partial charge in [-0.1, -0.05) is 6.92 Å². The first-order valence-electron chi connectivity index (χ1n) is 10.2. The van der Waals surface area contributed by atoms with E-state index in [0.717, 1.165) is 38.2 Å². The molecule has 0 saturated carbocycles. The molecule has 1 saturated heterocycles. The number of amides is 1. The van der Waals surface area contributed by atoms with Crippen molar-refractivity contribution in [2.45, 2.75) is 19.4 Å². The Bertz CT molecular complexity index is 971. The zero-order valence-electron chi connectivity index (χ0n) is 18.1. The Morgan fingerprint density at radius 3 is 2.29 bits per heavy atom. The number of rotatable bonds is 8. The van der Waals surface area contributed by atoms with Crippen molar-refractivity contribution in [3.05, 3.63) is 48.5 Å². The predicted octanol–water partition coefficient (Wildman–Crippen LogP) is 2.72. The molecule has 1 N–H and O–H groups in total. The van der Waals surface area contributed by atoms with Crippen LogP contribution in [-0.2, 0) is 19.6 Å². The van der Waals surface area contributed by atoms with Gasteiger partial charge in [-0.15, -0.1) is 0 Å². The van der Waals surface area contributed by atoms with Crippen molar-refractivity contribution >= 4 is 33.0 Å². The fraction of sp³-hybridized carbons (Fsp3) is 0.409. The highest BCUT2D eigenvalue weighted by molar-refractivity contribution is 7.92. The van der Waals surface area contributed by atoms with E-state index in [1.54, 1.807) is 24.3 Å². The van der Waals surface area contributed by atoms with E-state index in [1.165, 1.54) is 11.4 Å². The summed E-state index contributed by atoms with van der Waals surface area (Å²) in [7, 11) is -1.85. The highest BCUT2D eigenvalue weighted by atomic mass is 32.2. The lowest BCUT2D eigenvalue weighted by Crippen LogP contribution is -2.36. The maximum absolute atomic E-state index is 12.7. The Labute approximate surface area is 183 Å². The molecule has 8 nitrogen and oxygen atoms in total. The van der Waals surface area contributed by atoms with Crippen LogP contribution < -0.4 is 19.3 Å². The second kappa shape index (κ2) is 10.0. The van der Waals surface area contributed by atoms with Crippen LogP contribution in [0.25, 0.3) is 0 Å². The fourth-order valence-electron chi connectivity index (χ4n) is 3.21. The number of hydrogen-bond donors (Lipinski definition) is 1. The van der Waals surface area contributed by atoms with Gasteiger partial charge in [-0.2, -0.15) is 0 Å². The molecule has 0 bridgehead atoms. The van der Waals surface area contributed by atoms with Crippen molar-refractivity contribution in [2.75, 3.05) is 54.1 Å². The van der Waals surface area contributed by atoms with Crippen LogP contribution in [0.5, 0.6) is 5.75 Å². The number of carbonyl (C=O) groups is 1. The van der Waals surface area contributed by atoms with E-state index in [4.69, 9.17) is 9.47 Å². The number of benzene rings is 2. The molecule has 2 aromatic rings. The Kier molecular flexibility index (Phi) is 7.40. The van der Waals surface area contributed by atoms with Crippen LogP contribution in [0.2, 0.25) is 0 Å². The summed E-state index contributed by atoms with van der Waals surface area (Å²) in [5, 5.41) is 2.90. The zero-order valence-corrected chi connectivity index (χ0v) is 18.9. The van der Waals surface area contributed by atoms with Gasteiger partial charge in [0, 0.05) is 31.5 Å². The number of nitrogens with zero attached hydrogens (tertiary/aromatic N) is 2. The fourth-order valence-corrected chi connectivity index (χ4v) is 3.72. The molecule has 31 heavy (non-hydrogen) atoms. The molecule has 9 heteroatoms. The smallest absolute Gasteiger partial charge is 0.265 e. The molecule has 0 radical (unpaired) electrons. The summed E-state index contributed by atoms with van der Waals surface area (Å²) in [6.07, 6.45) is 0.961. The average molecular weight is 448 g/mol. The summed E-state index contributed by atoms with van der Waals surface area (Å²) in [6, 6.07) is 14.3. The minimum atomic E-state index is -3.34. The molecule has 0 spiro atoms. The van der Waals surface area contributed by atoms with Crippen LogP contribution in [0.3, 0.4) is 0 Å². The summed E-state index contributed by atoms with van der Waals surface area (Å²) in [5.74, 6) is 0.259. The molecule has 1 aliphatic rings. The number of nitrogens with one attached hydrogen (secondary N) is 1. The first kappa shape index (κ1) is 22.9. The highest BCUT2D eigenvalue weighted by Crippen LogP contribution is 2.23. The summed E-state index contributed by atoms with van der Waals surface area (Å²) in [5.41, 5.74) is 2.32. The second-order valence-corrected chi connectivity index (χ2v) is 9.39. The first-order valence-corrected chi connectivity index (χ1v) is 12.1. The van der Waals surface area contributed by atoms with E-state index in [1.807, 2.05) is 31.2 Å². The molecule has 1 amide bonds. The van der Waals surface area contributed by atoms with Crippen molar-refractivity contribution in [3.63, 3.8) is 0 Å². The molecule has 0 unspecified atom stereocenters. The van der Waals surface area contributed by atoms with E-state index in [9.17, 15) is 13.2 Å². The Balaban J connectivity index is 1.60. The number of carbonyl (C=O) groups excluding carboxylic acids is 1. The standard InChI is InChI=1S/C22H29N3O5S/c1-4-21(30-20-11-9-18(10-12-20)24(2)31(3,27)28)22(26)23-17-5-7-19(8-6-17)25-13-15-29-16-14-25/h5-12,21H,4,13-16H2,1-3H3,(H,23,26)/t21-/m0/s1. The number of anilines is 3. The Morgan fingerprint density at radius 1 is 1.13 bits per heavy atom. The molecule has 1 fully saturated rings. The predicted molar refractivity (Wildman–Crippen MR) is 122 cm³/mol. The average Bonchev–Trinajstić information content (AvgIpc) is 2.78. The topological polar surface area (TPSA) is 88.2 Å². The lowest BCUT2D eigenvalue weighted by Gasteiger charge is -2.29. The first-order chi connectivity index (χ1) is 14.8. The van der Waals surface area contributed by atoms with Gasteiger partial charge in [-0.3, -0.25) is 9.10 Å². The number of sulfonamides is 1. The molecule has 0 aliphatic carbocycles. The van der Waals surface area contributed by atoms with E-state index in [-0.39, 0.29) is 5.91 Å². The molecule has 1 aliphatic heterocycles. The highest BCUT2D eigenvalue weighted by Gasteiger charge is 2.19. The summed E-state index contributed by atoms with van der Waals surface area (Å²) < 4.78 is 35.7. The number of morpholine rings is 1. The lowest BCUT2D eigenvalue weighted by molar-refractivity contribution is -0.122. The van der Waals surface area contributed by atoms with Crippen molar-refractivity contribution in [2.24, 2.45) is 0 Å². The molecule has 2 aromatic carbocycles. The Hall–Kier alpha value is -2.78. The summed E-state index contributed by atoms with van der Waals surface area (Å²) >= 11 is 0. The van der Waals surface area contributed by atoms with Gasteiger partial charge in [-0.05, 0) is 55.0 Å². The van der Waals surface area contributed by atoms with Crippen molar-refractivity contribution < 1.29 is 22.7 Å². The normalized spacial score (nSPS) is 15.3. The van der Waals surface area contributed by atoms with Crippen LogP contribution in [0.1, 0.15) is 13.3 Å². The van der Waals surface area contributed by atoms with Crippen molar-refractivity contribution in [1.29, 1.82) is 0 Å². The molecular formula is C22H29N3O5S. The van der Waals surface area contributed by atoms with Crippen LogP contribution in [0.15, 0.2) is 48.5 Å². The molecule has 1 heterocycles. The van der Waals surface area contributed by atoms with Gasteiger partial charge in [0.05, 0.1) is 25.2 Å². The third-order valence-corrected chi connectivity index (χ3v) is 6.36. The molecule has 168 valence electrons. The van der Waals surface area contributed by atoms with Gasteiger partial charge in [0.25, 0.3) is 5.91 Å². The van der Waals surface area contributed by atoms with E-state index < -0.39 is 16.1 Å². The maximum Gasteiger partial charge on any atom is 0.265 e. The molecular weight excluding hydrogens is 418 g/mol. The minimum absolute atomic E-state index is 0.237. The monoisotopic (exact) mass is 447 g/mol. The SMILES string of the molecule is CC[C@H](Oc1ccc(N(C)S(C)(=O)=O)cc1)C(=O)Nc1ccc(N2CCOCC2)cc1. The third kappa shape index (κ3) is 6.11. The van der Waals surface area contributed by atoms with Gasteiger partial charge >= 0.3 is 0 Å². The van der Waals surface area contributed by atoms with E-state index in [0.29, 0.717) is 23.5 Å². The maximum atomic E-state index is 12.7. The van der Waals surface area contributed by atoms with Gasteiger partial charge in [-0.25, -0.2) is 8.42 Å². The van der Waals surface area contributed by atoms with Gasteiger partial charge in [0.1, 0.15) is 5.75 Å². The number of ether oxygens (including phenoxy) is 2. The number of hydrogen-bond acceptors (Lipinski definition) is 6. The van der Waals surface area contributed by atoms with Crippen LogP contribution in [0.4, 0.5) is 17.1 Å². The lowest BCUT2D eigenvalue weighted by atomic mass is 10.2. The van der Waals surface area contributed by atoms with E-state index in [2.05, 4.69) is 10.2 Å². The van der Waals surface area contributed by atoms with Crippen molar-refractivity contribution in [1.82, 2.24) is 0 Å². The quantitative estimate of drug-likeness (QED) is 0.670. The second-order valence-electron chi connectivity index (χ2n) is 7.37. The summed E-state index contributed by atoms with van der Waals surface area (Å²) in [6.45, 7) is 5.03. The molecule has 0 aromatic heterocycles. The van der Waals surface area contributed by atoms with E-state index >= 15 is 0 Å². The van der Waals surface area contributed by atoms with Crippen molar-refractivity contribution in [3.8, 4) is 5.75 Å². The minimum Gasteiger partial charge on any atom is -0.481 e. The third-order valence-electron chi connectivity index (χ3n) is 5.15. The Morgan fingerprint density at radius 2 is 1.74 bits per heavy atom. The van der Waals surface area contributed by atoms with Crippen LogP contribution in [-0.4, -0.2) is 60.0 Å². The van der Waals surface area contributed by atoms with Gasteiger partial charge in [0.15, 0.2) is 6.10 Å². The molecule has 1 atom stereocenters. The van der Waals surface area contributed by atoms with Gasteiger partial charge < -0.3 is 19.7 Å². The van der Waals surface area contributed by atoms with Gasteiger partial charge in [0.2, 0.25) is 10.0 Å². The van der Waals surface area contributed by atoms with Crippen LogP contribution in [0, 0.1) is 0 Å².